The van der Waals surface area contributed by atoms with Crippen LogP contribution < -0.4 is 0 Å². The Morgan fingerprint density at radius 1 is 0.284 bits per heavy atom. The van der Waals surface area contributed by atoms with Crippen molar-refractivity contribution in [2.24, 2.45) is 17.8 Å². The zero-order valence-electron chi connectivity index (χ0n) is 67.1. The van der Waals surface area contributed by atoms with Gasteiger partial charge in [-0.15, -0.1) is 0 Å². The number of phosphoric ester groups is 2. The van der Waals surface area contributed by atoms with Crippen molar-refractivity contribution in [3.63, 3.8) is 0 Å². The number of hydrogen-bond acceptors (Lipinski definition) is 15. The Kier molecular flexibility index (Phi) is 71.8. The average molecular weight is 1490 g/mol. The van der Waals surface area contributed by atoms with Crippen LogP contribution in [0.25, 0.3) is 0 Å². The lowest BCUT2D eigenvalue weighted by Gasteiger charge is -2.21. The summed E-state index contributed by atoms with van der Waals surface area (Å²) in [7, 11) is -9.92. The van der Waals surface area contributed by atoms with Crippen LogP contribution in [0.4, 0.5) is 0 Å². The quantitative estimate of drug-likeness (QED) is 0.0222. The molecule has 0 aromatic carbocycles. The summed E-state index contributed by atoms with van der Waals surface area (Å²) in [6.45, 7) is 12.0. The van der Waals surface area contributed by atoms with Crippen molar-refractivity contribution in [1.29, 1.82) is 0 Å². The Morgan fingerprint density at radius 3 is 0.745 bits per heavy atom. The molecule has 0 aliphatic heterocycles. The monoisotopic (exact) mass is 1490 g/mol. The third-order valence-electron chi connectivity index (χ3n) is 20.1. The van der Waals surface area contributed by atoms with Crippen molar-refractivity contribution >= 4 is 39.5 Å². The summed E-state index contributed by atoms with van der Waals surface area (Å²) < 4.78 is 68.8. The maximum Gasteiger partial charge on any atom is 0.472 e. The lowest BCUT2D eigenvalue weighted by atomic mass is 9.99. The van der Waals surface area contributed by atoms with Crippen LogP contribution in [0.3, 0.4) is 0 Å². The predicted octanol–water partition coefficient (Wildman–Crippen LogP) is 24.9. The minimum atomic E-state index is -4.96. The second-order valence-corrected chi connectivity index (χ2v) is 33.7. The van der Waals surface area contributed by atoms with Gasteiger partial charge in [-0.1, -0.05) is 382 Å². The molecule has 0 aliphatic carbocycles. The molecule has 606 valence electrons. The molecular weight excluding hydrogens is 1330 g/mol. The van der Waals surface area contributed by atoms with E-state index in [-0.39, 0.29) is 25.7 Å². The predicted molar refractivity (Wildman–Crippen MR) is 418 cm³/mol. The number of aliphatic hydroxyl groups excluding tert-OH is 1. The molecule has 0 fully saturated rings. The minimum absolute atomic E-state index is 0.107. The molecule has 3 N–H and O–H groups in total. The van der Waals surface area contributed by atoms with Crippen molar-refractivity contribution in [3.8, 4) is 0 Å². The van der Waals surface area contributed by atoms with Crippen molar-refractivity contribution < 1.29 is 80.2 Å². The zero-order valence-corrected chi connectivity index (χ0v) is 68.9. The number of phosphoric acid groups is 2. The Bertz CT molecular complexity index is 1980. The van der Waals surface area contributed by atoms with E-state index in [2.05, 4.69) is 48.5 Å². The van der Waals surface area contributed by atoms with Crippen LogP contribution in [0.2, 0.25) is 0 Å². The van der Waals surface area contributed by atoms with Gasteiger partial charge < -0.3 is 33.8 Å². The van der Waals surface area contributed by atoms with Gasteiger partial charge in [0.25, 0.3) is 0 Å². The molecule has 0 aromatic heterocycles. The molecule has 7 atom stereocenters. The standard InChI is InChI=1S/C83H162O17P2/c1-8-11-12-13-14-15-16-23-31-36-45-52-59-66-82(87)100-79(71-94-81(86)65-58-51-44-39-38-42-49-56-63-76(7)10-3)73-98-102(91,92)96-69-77(84)68-95-101(89,90)97-72-78(70-93-80(85)64-57-50-43-35-30-26-22-21-25-29-34-41-48-55-62-75(6)9-2)99-83(88)67-60-53-46-37-32-27-20-18-17-19-24-28-33-40-47-54-61-74(4)5/h74-79,84H,8-73H2,1-7H3,(H,89,90)(H,91,92)/t75?,76?,77-,78-,79-/m1/s1. The van der Waals surface area contributed by atoms with Gasteiger partial charge in [0.2, 0.25) is 0 Å². The highest BCUT2D eigenvalue weighted by molar-refractivity contribution is 7.47. The first-order valence-corrected chi connectivity index (χ1v) is 45.9. The molecule has 0 radical (unpaired) electrons. The topological polar surface area (TPSA) is 237 Å². The highest BCUT2D eigenvalue weighted by Crippen LogP contribution is 2.45. The molecule has 4 unspecified atom stereocenters. The van der Waals surface area contributed by atoms with Crippen LogP contribution in [-0.2, 0) is 65.4 Å². The number of carbonyl (C=O) groups excluding carboxylic acids is 4. The van der Waals surface area contributed by atoms with E-state index in [4.69, 9.17) is 37.0 Å². The molecule has 0 amide bonds. The fourth-order valence-electron chi connectivity index (χ4n) is 12.8. The average Bonchev–Trinajstić information content (AvgIpc) is 0.920. The maximum atomic E-state index is 13.1. The van der Waals surface area contributed by atoms with E-state index in [0.717, 1.165) is 108 Å². The van der Waals surface area contributed by atoms with Crippen LogP contribution in [-0.4, -0.2) is 96.7 Å². The third kappa shape index (κ3) is 73.6. The number of carbonyl (C=O) groups is 4. The SMILES string of the molecule is CCCCCCCCCCCCCCCC(=O)O[C@H](COC(=O)CCCCCCCCCCC(C)CC)COP(=O)(O)OC[C@H](O)COP(=O)(O)OC[C@@H](COC(=O)CCCCCCCCCCCCCCCCC(C)CC)OC(=O)CCCCCCCCCCCCCCCCCCC(C)C. The van der Waals surface area contributed by atoms with E-state index in [1.165, 1.54) is 244 Å². The molecule has 0 bridgehead atoms. The van der Waals surface area contributed by atoms with Crippen molar-refractivity contribution in [2.45, 2.75) is 452 Å². The van der Waals surface area contributed by atoms with Gasteiger partial charge in [-0.25, -0.2) is 9.13 Å². The number of esters is 4. The Morgan fingerprint density at radius 2 is 0.500 bits per heavy atom. The van der Waals surface area contributed by atoms with E-state index in [1.807, 2.05) is 0 Å². The molecule has 0 rings (SSSR count). The van der Waals surface area contributed by atoms with Gasteiger partial charge in [0.15, 0.2) is 12.2 Å². The lowest BCUT2D eigenvalue weighted by molar-refractivity contribution is -0.161. The summed E-state index contributed by atoms with van der Waals surface area (Å²) in [4.78, 5) is 73.1. The number of ether oxygens (including phenoxy) is 4. The van der Waals surface area contributed by atoms with E-state index >= 15 is 0 Å². The van der Waals surface area contributed by atoms with Crippen LogP contribution in [0.5, 0.6) is 0 Å². The molecule has 0 saturated heterocycles. The van der Waals surface area contributed by atoms with E-state index in [0.29, 0.717) is 25.7 Å². The second kappa shape index (κ2) is 73.2. The number of aliphatic hydroxyl groups is 1. The number of hydrogen-bond donors (Lipinski definition) is 3. The molecule has 0 saturated carbocycles. The van der Waals surface area contributed by atoms with Gasteiger partial charge in [0, 0.05) is 25.7 Å². The van der Waals surface area contributed by atoms with Gasteiger partial charge in [-0.3, -0.25) is 37.3 Å². The van der Waals surface area contributed by atoms with Crippen molar-refractivity contribution in [1.82, 2.24) is 0 Å². The first-order valence-electron chi connectivity index (χ1n) is 42.9. The largest absolute Gasteiger partial charge is 0.472 e. The summed E-state index contributed by atoms with van der Waals surface area (Å²) in [5.74, 6) is 0.330. The molecule has 0 heterocycles. The minimum Gasteiger partial charge on any atom is -0.462 e. The maximum absolute atomic E-state index is 13.1. The Labute approximate surface area is 626 Å². The van der Waals surface area contributed by atoms with Crippen LogP contribution in [0.1, 0.15) is 434 Å². The van der Waals surface area contributed by atoms with Gasteiger partial charge in [0.1, 0.15) is 19.3 Å². The Hall–Kier alpha value is -1.94. The fourth-order valence-corrected chi connectivity index (χ4v) is 14.4. The highest BCUT2D eigenvalue weighted by Gasteiger charge is 2.30. The summed E-state index contributed by atoms with van der Waals surface area (Å²) in [6.07, 6.45) is 62.2. The molecule has 102 heavy (non-hydrogen) atoms. The van der Waals surface area contributed by atoms with Gasteiger partial charge >= 0.3 is 39.5 Å². The van der Waals surface area contributed by atoms with Gasteiger partial charge in [0.05, 0.1) is 26.4 Å². The van der Waals surface area contributed by atoms with Crippen molar-refractivity contribution in [2.75, 3.05) is 39.6 Å². The molecule has 19 heteroatoms. The summed E-state index contributed by atoms with van der Waals surface area (Å²) >= 11 is 0. The van der Waals surface area contributed by atoms with Gasteiger partial charge in [-0.05, 0) is 43.4 Å². The third-order valence-corrected chi connectivity index (χ3v) is 22.0. The number of unbranched alkanes of at least 4 members (excludes halogenated alkanes) is 47. The highest BCUT2D eigenvalue weighted by atomic mass is 31.2. The summed E-state index contributed by atoms with van der Waals surface area (Å²) in [5, 5.41) is 10.7. The fraction of sp³-hybridized carbons (Fsp3) is 0.952. The second-order valence-electron chi connectivity index (χ2n) is 30.8. The normalized spacial score (nSPS) is 14.5. The first-order chi connectivity index (χ1) is 49.3. The van der Waals surface area contributed by atoms with Crippen molar-refractivity contribution in [3.05, 3.63) is 0 Å². The van der Waals surface area contributed by atoms with E-state index in [9.17, 15) is 43.2 Å². The summed E-state index contributed by atoms with van der Waals surface area (Å²) in [5.41, 5.74) is 0. The first kappa shape index (κ1) is 100. The zero-order chi connectivity index (χ0) is 75.1. The van der Waals surface area contributed by atoms with E-state index in [1.54, 1.807) is 0 Å². The lowest BCUT2D eigenvalue weighted by Crippen LogP contribution is -2.30. The molecular formula is C83H162O17P2. The van der Waals surface area contributed by atoms with Crippen LogP contribution >= 0.6 is 15.6 Å². The smallest absolute Gasteiger partial charge is 0.462 e. The van der Waals surface area contributed by atoms with Crippen LogP contribution in [0, 0.1) is 17.8 Å². The van der Waals surface area contributed by atoms with Crippen LogP contribution in [0.15, 0.2) is 0 Å². The molecule has 0 aliphatic rings. The van der Waals surface area contributed by atoms with E-state index < -0.39 is 97.5 Å². The molecule has 0 aromatic rings. The molecule has 17 nitrogen and oxygen atoms in total. The number of rotatable bonds is 81. The summed E-state index contributed by atoms with van der Waals surface area (Å²) in [6, 6.07) is 0. The molecule has 0 spiro atoms. The van der Waals surface area contributed by atoms with Gasteiger partial charge in [-0.2, -0.15) is 0 Å². The Balaban J connectivity index is 5.26.